The Kier molecular flexibility index (Phi) is 6.19. The van der Waals surface area contributed by atoms with E-state index in [0.717, 1.165) is 11.1 Å². The summed E-state index contributed by atoms with van der Waals surface area (Å²) in [7, 11) is 1.59. The molecule has 0 aliphatic heterocycles. The number of nitrogens with zero attached hydrogens (tertiary/aromatic N) is 1. The molecule has 134 valence electrons. The molecule has 0 aliphatic carbocycles. The number of carbonyl (C=O) groups excluding carboxylic acids is 1. The highest BCUT2D eigenvalue weighted by Gasteiger charge is 2.20. The standard InChI is InChI=1S/C22H23NO3/c1-16-6-8-17(9-7-16)10-15-20(21(24)26-22(2,3)4)23-18-11-13-19(25-5)14-12-18/h6-9,11-14H,1-5H3. The molecule has 0 saturated carbocycles. The predicted molar refractivity (Wildman–Crippen MR) is 104 cm³/mol. The molecule has 26 heavy (non-hydrogen) atoms. The van der Waals surface area contributed by atoms with Crippen LogP contribution < -0.4 is 4.74 Å². The van der Waals surface area contributed by atoms with Gasteiger partial charge in [-0.3, -0.25) is 0 Å². The highest BCUT2D eigenvalue weighted by atomic mass is 16.6. The Morgan fingerprint density at radius 2 is 1.62 bits per heavy atom. The van der Waals surface area contributed by atoms with Crippen LogP contribution in [0.25, 0.3) is 0 Å². The van der Waals surface area contributed by atoms with E-state index in [1.165, 1.54) is 0 Å². The van der Waals surface area contributed by atoms with Crippen LogP contribution >= 0.6 is 0 Å². The van der Waals surface area contributed by atoms with Crippen LogP contribution in [0.2, 0.25) is 0 Å². The molecule has 0 aliphatic rings. The van der Waals surface area contributed by atoms with Crippen molar-refractivity contribution < 1.29 is 14.3 Å². The second-order valence-corrected chi connectivity index (χ2v) is 6.78. The van der Waals surface area contributed by atoms with Crippen molar-refractivity contribution in [2.75, 3.05) is 7.11 Å². The van der Waals surface area contributed by atoms with E-state index < -0.39 is 11.6 Å². The van der Waals surface area contributed by atoms with Gasteiger partial charge in [-0.15, -0.1) is 0 Å². The number of aliphatic imine (C=N–C) groups is 1. The summed E-state index contributed by atoms with van der Waals surface area (Å²) in [6.07, 6.45) is 0. The predicted octanol–water partition coefficient (Wildman–Crippen LogP) is 4.47. The van der Waals surface area contributed by atoms with E-state index in [2.05, 4.69) is 16.8 Å². The van der Waals surface area contributed by atoms with E-state index in [9.17, 15) is 4.79 Å². The quantitative estimate of drug-likeness (QED) is 0.467. The number of rotatable bonds is 3. The molecule has 0 heterocycles. The van der Waals surface area contributed by atoms with Crippen molar-refractivity contribution in [1.29, 1.82) is 0 Å². The first kappa shape index (κ1) is 19.3. The van der Waals surface area contributed by atoms with Crippen LogP contribution in [0.15, 0.2) is 53.5 Å². The molecular weight excluding hydrogens is 326 g/mol. The zero-order valence-electron chi connectivity index (χ0n) is 15.8. The van der Waals surface area contributed by atoms with Crippen molar-refractivity contribution in [2.45, 2.75) is 33.3 Å². The minimum Gasteiger partial charge on any atom is -0.497 e. The molecule has 2 rings (SSSR count). The Balaban J connectivity index is 2.36. The molecule has 2 aromatic carbocycles. The monoisotopic (exact) mass is 349 g/mol. The molecule has 0 spiro atoms. The zero-order chi connectivity index (χ0) is 19.2. The van der Waals surface area contributed by atoms with Gasteiger partial charge in [0.15, 0.2) is 5.71 Å². The Hall–Kier alpha value is -3.06. The summed E-state index contributed by atoms with van der Waals surface area (Å²) >= 11 is 0. The van der Waals surface area contributed by atoms with Gasteiger partial charge >= 0.3 is 5.97 Å². The maximum absolute atomic E-state index is 12.5. The highest BCUT2D eigenvalue weighted by Crippen LogP contribution is 2.18. The fourth-order valence-electron chi connectivity index (χ4n) is 2.01. The Morgan fingerprint density at radius 3 is 2.15 bits per heavy atom. The summed E-state index contributed by atoms with van der Waals surface area (Å²) in [5.41, 5.74) is 2.00. The molecule has 0 aromatic heterocycles. The van der Waals surface area contributed by atoms with E-state index in [0.29, 0.717) is 11.4 Å². The van der Waals surface area contributed by atoms with E-state index in [1.807, 2.05) is 52.0 Å². The third-order valence-electron chi connectivity index (χ3n) is 3.28. The Labute approximate surface area is 154 Å². The third kappa shape index (κ3) is 6.10. The van der Waals surface area contributed by atoms with Crippen LogP contribution in [-0.2, 0) is 9.53 Å². The van der Waals surface area contributed by atoms with Gasteiger partial charge in [0.05, 0.1) is 12.8 Å². The van der Waals surface area contributed by atoms with Crippen LogP contribution in [0.4, 0.5) is 5.69 Å². The van der Waals surface area contributed by atoms with E-state index in [-0.39, 0.29) is 5.71 Å². The summed E-state index contributed by atoms with van der Waals surface area (Å²) < 4.78 is 10.6. The van der Waals surface area contributed by atoms with Crippen LogP contribution in [-0.4, -0.2) is 24.4 Å². The number of methoxy groups -OCH3 is 1. The average molecular weight is 349 g/mol. The lowest BCUT2D eigenvalue weighted by Crippen LogP contribution is -2.28. The zero-order valence-corrected chi connectivity index (χ0v) is 15.8. The lowest BCUT2D eigenvalue weighted by Gasteiger charge is -2.18. The molecule has 0 amide bonds. The highest BCUT2D eigenvalue weighted by molar-refractivity contribution is 6.44. The molecule has 0 unspecified atom stereocenters. The topological polar surface area (TPSA) is 47.9 Å². The van der Waals surface area contributed by atoms with Crippen molar-refractivity contribution in [3.63, 3.8) is 0 Å². The molecule has 0 bridgehead atoms. The fraction of sp³-hybridized carbons (Fsp3) is 0.273. The number of hydrogen-bond donors (Lipinski definition) is 0. The smallest absolute Gasteiger partial charge is 0.366 e. The summed E-state index contributed by atoms with van der Waals surface area (Å²) in [5.74, 6) is 5.99. The molecule has 0 fully saturated rings. The Morgan fingerprint density at radius 1 is 1.00 bits per heavy atom. The Bertz CT molecular complexity index is 845. The SMILES string of the molecule is COc1ccc(N=C(C#Cc2ccc(C)cc2)C(=O)OC(C)(C)C)cc1. The molecule has 0 radical (unpaired) electrons. The van der Waals surface area contributed by atoms with Crippen molar-refractivity contribution in [3.8, 4) is 17.6 Å². The third-order valence-corrected chi connectivity index (χ3v) is 3.28. The van der Waals surface area contributed by atoms with Gasteiger partial charge in [0.25, 0.3) is 0 Å². The number of ether oxygens (including phenoxy) is 2. The van der Waals surface area contributed by atoms with Crippen molar-refractivity contribution in [2.24, 2.45) is 4.99 Å². The van der Waals surface area contributed by atoms with E-state index in [1.54, 1.807) is 31.4 Å². The normalized spacial score (nSPS) is 11.3. The molecule has 0 atom stereocenters. The lowest BCUT2D eigenvalue weighted by molar-refractivity contribution is -0.145. The first-order chi connectivity index (χ1) is 12.3. The van der Waals surface area contributed by atoms with Crippen LogP contribution in [0.5, 0.6) is 5.75 Å². The summed E-state index contributed by atoms with van der Waals surface area (Å²) in [6, 6.07) is 14.8. The van der Waals surface area contributed by atoms with Gasteiger partial charge < -0.3 is 9.47 Å². The average Bonchev–Trinajstić information content (AvgIpc) is 2.59. The van der Waals surface area contributed by atoms with Gasteiger partial charge in [-0.25, -0.2) is 9.79 Å². The summed E-state index contributed by atoms with van der Waals surface area (Å²) in [5, 5.41) is 0. The number of carbonyl (C=O) groups is 1. The van der Waals surface area contributed by atoms with Gasteiger partial charge in [-0.1, -0.05) is 23.6 Å². The first-order valence-corrected chi connectivity index (χ1v) is 8.31. The first-order valence-electron chi connectivity index (χ1n) is 8.31. The fourth-order valence-corrected chi connectivity index (χ4v) is 2.01. The van der Waals surface area contributed by atoms with E-state index >= 15 is 0 Å². The van der Waals surface area contributed by atoms with Crippen LogP contribution in [0, 0.1) is 18.8 Å². The van der Waals surface area contributed by atoms with Crippen LogP contribution in [0.1, 0.15) is 31.9 Å². The van der Waals surface area contributed by atoms with Gasteiger partial charge in [0.1, 0.15) is 11.4 Å². The van der Waals surface area contributed by atoms with Gasteiger partial charge in [0, 0.05) is 5.56 Å². The number of esters is 1. The molecule has 2 aromatic rings. The summed E-state index contributed by atoms with van der Waals surface area (Å²) in [6.45, 7) is 7.43. The number of hydrogen-bond acceptors (Lipinski definition) is 4. The maximum atomic E-state index is 12.5. The van der Waals surface area contributed by atoms with Crippen molar-refractivity contribution in [1.82, 2.24) is 0 Å². The van der Waals surface area contributed by atoms with Gasteiger partial charge in [-0.2, -0.15) is 0 Å². The van der Waals surface area contributed by atoms with Gasteiger partial charge in [-0.05, 0) is 70.0 Å². The number of benzene rings is 2. The molecule has 0 N–H and O–H groups in total. The molecular formula is C22H23NO3. The minimum atomic E-state index is -0.622. The largest absolute Gasteiger partial charge is 0.497 e. The van der Waals surface area contributed by atoms with E-state index in [4.69, 9.17) is 9.47 Å². The molecule has 4 heteroatoms. The minimum absolute atomic E-state index is 0.0608. The summed E-state index contributed by atoms with van der Waals surface area (Å²) in [4.78, 5) is 16.8. The number of aryl methyl sites for hydroxylation is 1. The molecule has 0 saturated heterocycles. The second kappa shape index (κ2) is 8.35. The maximum Gasteiger partial charge on any atom is 0.366 e. The lowest BCUT2D eigenvalue weighted by atomic mass is 10.1. The van der Waals surface area contributed by atoms with Crippen molar-refractivity contribution in [3.05, 3.63) is 59.7 Å². The van der Waals surface area contributed by atoms with Crippen LogP contribution in [0.3, 0.4) is 0 Å². The van der Waals surface area contributed by atoms with Gasteiger partial charge in [0.2, 0.25) is 0 Å². The van der Waals surface area contributed by atoms with Crippen molar-refractivity contribution >= 4 is 17.4 Å². The second-order valence-electron chi connectivity index (χ2n) is 6.78. The molecule has 4 nitrogen and oxygen atoms in total.